The molecule has 1 N–H and O–H groups in total. The molecule has 2 aliphatic rings. The Bertz CT molecular complexity index is 1390. The Morgan fingerprint density at radius 2 is 1.68 bits per heavy atom. The van der Waals surface area contributed by atoms with Gasteiger partial charge in [0, 0.05) is 36.8 Å². The molecule has 6 nitrogen and oxygen atoms in total. The quantitative estimate of drug-likeness (QED) is 0.534. The molecule has 3 aromatic rings. The molecule has 7 heteroatoms. The molecule has 0 radical (unpaired) electrons. The third-order valence-electron chi connectivity index (χ3n) is 8.34. The van der Waals surface area contributed by atoms with Crippen LogP contribution in [0.25, 0.3) is 11.1 Å². The van der Waals surface area contributed by atoms with Gasteiger partial charge in [0.05, 0.1) is 12.3 Å². The van der Waals surface area contributed by atoms with Crippen molar-refractivity contribution < 1.29 is 13.5 Å². The van der Waals surface area contributed by atoms with Gasteiger partial charge >= 0.3 is 0 Å². The number of hydrogen-bond acceptors (Lipinski definition) is 5. The molecule has 2 fully saturated rings. The highest BCUT2D eigenvalue weighted by molar-refractivity contribution is 7.89. The predicted octanol–water partition coefficient (Wildman–Crippen LogP) is 4.60. The van der Waals surface area contributed by atoms with Crippen LogP contribution >= 0.6 is 0 Å². The summed E-state index contributed by atoms with van der Waals surface area (Å²) in [6, 6.07) is 18.5. The molecule has 2 saturated heterocycles. The second-order valence-electron chi connectivity index (χ2n) is 10.6. The second kappa shape index (κ2) is 10.3. The van der Waals surface area contributed by atoms with Crippen LogP contribution < -0.4 is 0 Å². The molecule has 0 spiro atoms. The predicted molar refractivity (Wildman–Crippen MR) is 147 cm³/mol. The van der Waals surface area contributed by atoms with Crippen molar-refractivity contribution in [1.82, 2.24) is 14.2 Å². The number of aliphatic hydroxyl groups excluding tert-OH is 1. The Morgan fingerprint density at radius 3 is 2.38 bits per heavy atom. The molecular formula is C30H37N3O3S. The summed E-state index contributed by atoms with van der Waals surface area (Å²) in [4.78, 5) is 7.01. The van der Waals surface area contributed by atoms with E-state index in [1.165, 1.54) is 22.3 Å². The smallest absolute Gasteiger partial charge is 0.244 e. The lowest BCUT2D eigenvalue weighted by atomic mass is 9.74. The van der Waals surface area contributed by atoms with Crippen molar-refractivity contribution in [2.45, 2.75) is 63.4 Å². The maximum absolute atomic E-state index is 13.7. The van der Waals surface area contributed by atoms with Crippen LogP contribution in [0.2, 0.25) is 0 Å². The van der Waals surface area contributed by atoms with Crippen LogP contribution in [0, 0.1) is 27.7 Å². The van der Waals surface area contributed by atoms with Crippen molar-refractivity contribution in [1.29, 1.82) is 0 Å². The maximum atomic E-state index is 13.7. The highest BCUT2D eigenvalue weighted by atomic mass is 32.2. The van der Waals surface area contributed by atoms with Gasteiger partial charge in [-0.05, 0) is 87.0 Å². The third kappa shape index (κ3) is 4.74. The molecule has 1 unspecified atom stereocenters. The van der Waals surface area contributed by atoms with E-state index in [1.807, 2.05) is 6.92 Å². The highest BCUT2D eigenvalue weighted by Crippen LogP contribution is 2.43. The summed E-state index contributed by atoms with van der Waals surface area (Å²) in [5.41, 5.74) is 7.45. The topological polar surface area (TPSA) is 73.7 Å². The van der Waals surface area contributed by atoms with E-state index in [-0.39, 0.29) is 29.5 Å². The molecule has 5 rings (SSSR count). The minimum absolute atomic E-state index is 0.00184. The van der Waals surface area contributed by atoms with E-state index < -0.39 is 10.0 Å². The summed E-state index contributed by atoms with van der Waals surface area (Å²) >= 11 is 0. The Balaban J connectivity index is 1.44. The van der Waals surface area contributed by atoms with Crippen molar-refractivity contribution in [3.8, 4) is 11.1 Å². The van der Waals surface area contributed by atoms with E-state index in [2.05, 4.69) is 66.2 Å². The fraction of sp³-hybridized carbons (Fsp3) is 0.433. The Kier molecular flexibility index (Phi) is 7.24. The van der Waals surface area contributed by atoms with Gasteiger partial charge < -0.3 is 5.11 Å². The number of aromatic nitrogens is 1. The number of nitrogens with zero attached hydrogens (tertiary/aromatic N) is 3. The van der Waals surface area contributed by atoms with E-state index in [0.717, 1.165) is 30.6 Å². The SMILES string of the molecule is Cc1ccc(S(=O)(=O)N2CCCCN3C(C2)[C@H](c2ccc(-c4cccc(C)c4C)cc2)[C@H]3CO)c(C)n1. The van der Waals surface area contributed by atoms with Crippen molar-refractivity contribution in [2.24, 2.45) is 0 Å². The van der Waals surface area contributed by atoms with Crippen molar-refractivity contribution in [3.63, 3.8) is 0 Å². The van der Waals surface area contributed by atoms with Crippen LogP contribution in [0.15, 0.2) is 59.5 Å². The van der Waals surface area contributed by atoms with Crippen LogP contribution in [0.3, 0.4) is 0 Å². The fourth-order valence-electron chi connectivity index (χ4n) is 6.16. The first kappa shape index (κ1) is 26.0. The number of aryl methyl sites for hydroxylation is 3. The van der Waals surface area contributed by atoms with Crippen molar-refractivity contribution in [3.05, 3.63) is 82.7 Å². The fourth-order valence-corrected chi connectivity index (χ4v) is 7.82. The summed E-state index contributed by atoms with van der Waals surface area (Å²) in [6.07, 6.45) is 1.70. The number of fused-ring (bicyclic) bond motifs is 1. The molecule has 3 atom stereocenters. The zero-order chi connectivity index (χ0) is 26.3. The molecule has 2 aromatic carbocycles. The molecule has 0 amide bonds. The average Bonchev–Trinajstić information content (AvgIpc) is 2.85. The van der Waals surface area contributed by atoms with Gasteiger partial charge in [-0.25, -0.2) is 8.42 Å². The molecule has 3 heterocycles. The third-order valence-corrected chi connectivity index (χ3v) is 10.3. The number of rotatable bonds is 5. The van der Waals surface area contributed by atoms with Gasteiger partial charge in [-0.1, -0.05) is 42.5 Å². The van der Waals surface area contributed by atoms with Gasteiger partial charge in [0.2, 0.25) is 10.0 Å². The summed E-state index contributed by atoms with van der Waals surface area (Å²) < 4.78 is 29.1. The van der Waals surface area contributed by atoms with E-state index >= 15 is 0 Å². The highest BCUT2D eigenvalue weighted by Gasteiger charge is 2.50. The second-order valence-corrected chi connectivity index (χ2v) is 12.5. The van der Waals surface area contributed by atoms with Gasteiger partial charge in [-0.3, -0.25) is 9.88 Å². The molecule has 1 aromatic heterocycles. The number of sulfonamides is 1. The number of pyridine rings is 1. The average molecular weight is 520 g/mol. The molecular weight excluding hydrogens is 482 g/mol. The van der Waals surface area contributed by atoms with E-state index in [9.17, 15) is 13.5 Å². The minimum atomic E-state index is -3.67. The first-order valence-electron chi connectivity index (χ1n) is 13.2. The summed E-state index contributed by atoms with van der Waals surface area (Å²) in [5, 5.41) is 10.3. The van der Waals surface area contributed by atoms with Crippen LogP contribution in [-0.4, -0.2) is 66.0 Å². The first-order valence-corrected chi connectivity index (χ1v) is 14.6. The maximum Gasteiger partial charge on any atom is 0.244 e. The van der Waals surface area contributed by atoms with Crippen LogP contribution in [0.5, 0.6) is 0 Å². The zero-order valence-electron chi connectivity index (χ0n) is 22.2. The van der Waals surface area contributed by atoms with Crippen LogP contribution in [0.4, 0.5) is 0 Å². The zero-order valence-corrected chi connectivity index (χ0v) is 23.0. The van der Waals surface area contributed by atoms with E-state index in [1.54, 1.807) is 23.4 Å². The molecule has 2 aliphatic heterocycles. The molecule has 196 valence electrons. The Hall–Kier alpha value is -2.58. The van der Waals surface area contributed by atoms with Gasteiger partial charge in [-0.2, -0.15) is 4.31 Å². The monoisotopic (exact) mass is 519 g/mol. The molecule has 0 aliphatic carbocycles. The lowest BCUT2D eigenvalue weighted by molar-refractivity contribution is -0.0553. The number of aliphatic hydroxyl groups is 1. The molecule has 0 saturated carbocycles. The van der Waals surface area contributed by atoms with E-state index in [0.29, 0.717) is 18.8 Å². The van der Waals surface area contributed by atoms with E-state index in [4.69, 9.17) is 0 Å². The standard InChI is InChI=1S/C30H37N3O3S/c1-20-8-7-9-26(22(20)3)24-11-13-25(14-12-24)30-27-18-32(16-5-6-17-33(27)28(30)19-34)37(35,36)29-15-10-21(2)31-23(29)4/h7-15,27-28,30,34H,5-6,16-19H2,1-4H3/t27?,28-,30+/m1/s1. The lowest BCUT2D eigenvalue weighted by Crippen LogP contribution is -2.67. The van der Waals surface area contributed by atoms with Crippen molar-refractivity contribution >= 4 is 10.0 Å². The van der Waals surface area contributed by atoms with Gasteiger partial charge in [-0.15, -0.1) is 0 Å². The molecule has 37 heavy (non-hydrogen) atoms. The van der Waals surface area contributed by atoms with Gasteiger partial charge in [0.25, 0.3) is 0 Å². The summed E-state index contributed by atoms with van der Waals surface area (Å²) in [7, 11) is -3.67. The lowest BCUT2D eigenvalue weighted by Gasteiger charge is -2.57. The largest absolute Gasteiger partial charge is 0.395 e. The normalized spacial score (nSPS) is 23.1. The van der Waals surface area contributed by atoms with Gasteiger partial charge in [0.15, 0.2) is 0 Å². The Labute approximate surface area is 221 Å². The molecule has 0 bridgehead atoms. The van der Waals surface area contributed by atoms with Crippen LogP contribution in [0.1, 0.15) is 46.8 Å². The summed E-state index contributed by atoms with van der Waals surface area (Å²) in [5.74, 6) is 0.0747. The Morgan fingerprint density at radius 1 is 0.946 bits per heavy atom. The van der Waals surface area contributed by atoms with Crippen LogP contribution in [-0.2, 0) is 10.0 Å². The number of benzene rings is 2. The number of hydrogen-bond donors (Lipinski definition) is 1. The van der Waals surface area contributed by atoms with Gasteiger partial charge in [0.1, 0.15) is 4.90 Å². The minimum Gasteiger partial charge on any atom is -0.395 e. The summed E-state index contributed by atoms with van der Waals surface area (Å²) in [6.45, 7) is 9.78. The van der Waals surface area contributed by atoms with Crippen molar-refractivity contribution in [2.75, 3.05) is 26.2 Å². The first-order chi connectivity index (χ1) is 17.7.